The fraction of sp³-hybridized carbons (Fsp3) is 1.00. The van der Waals surface area contributed by atoms with Crippen LogP contribution in [0.1, 0.15) is 27.2 Å². The molecule has 0 aromatic rings. The van der Waals surface area contributed by atoms with E-state index in [0.717, 1.165) is 6.42 Å². The summed E-state index contributed by atoms with van der Waals surface area (Å²) in [6.45, 7) is 7.48. The molecule has 0 amide bonds. The SMILES string of the molecule is CC(C)CCOCCNS(=O)(=O)CC(C)CCl. The Labute approximate surface area is 110 Å². The van der Waals surface area contributed by atoms with Crippen LogP contribution in [-0.4, -0.2) is 39.8 Å². The largest absolute Gasteiger partial charge is 0.380 e. The molecule has 1 N–H and O–H groups in total. The van der Waals surface area contributed by atoms with Gasteiger partial charge in [0.25, 0.3) is 0 Å². The summed E-state index contributed by atoms with van der Waals surface area (Å²) in [6.07, 6.45) is 0.996. The van der Waals surface area contributed by atoms with E-state index in [4.69, 9.17) is 16.3 Å². The first kappa shape index (κ1) is 17.2. The zero-order valence-electron chi connectivity index (χ0n) is 10.9. The molecule has 0 saturated carbocycles. The van der Waals surface area contributed by atoms with E-state index in [0.29, 0.717) is 31.6 Å². The van der Waals surface area contributed by atoms with Gasteiger partial charge in [0, 0.05) is 19.0 Å². The second-order valence-corrected chi connectivity index (χ2v) is 6.89. The van der Waals surface area contributed by atoms with E-state index in [9.17, 15) is 8.42 Å². The van der Waals surface area contributed by atoms with E-state index in [2.05, 4.69) is 18.6 Å². The third-order valence-electron chi connectivity index (χ3n) is 2.18. The summed E-state index contributed by atoms with van der Waals surface area (Å²) in [5.41, 5.74) is 0. The van der Waals surface area contributed by atoms with Gasteiger partial charge >= 0.3 is 0 Å². The minimum absolute atomic E-state index is 0.0315. The van der Waals surface area contributed by atoms with Gasteiger partial charge in [0.1, 0.15) is 0 Å². The molecule has 6 heteroatoms. The molecule has 1 atom stereocenters. The number of alkyl halides is 1. The zero-order valence-corrected chi connectivity index (χ0v) is 12.5. The van der Waals surface area contributed by atoms with Gasteiger partial charge in [0.05, 0.1) is 12.4 Å². The van der Waals surface area contributed by atoms with Crippen LogP contribution in [0.2, 0.25) is 0 Å². The maximum absolute atomic E-state index is 11.5. The van der Waals surface area contributed by atoms with Crippen molar-refractivity contribution in [3.63, 3.8) is 0 Å². The van der Waals surface area contributed by atoms with Crippen LogP contribution in [0.15, 0.2) is 0 Å². The normalized spacial score (nSPS) is 14.2. The lowest BCUT2D eigenvalue weighted by Crippen LogP contribution is -2.32. The smallest absolute Gasteiger partial charge is 0.211 e. The molecule has 0 aliphatic carbocycles. The lowest BCUT2D eigenvalue weighted by atomic mass is 10.1. The third kappa shape index (κ3) is 11.0. The predicted molar refractivity (Wildman–Crippen MR) is 71.9 cm³/mol. The van der Waals surface area contributed by atoms with E-state index in [1.165, 1.54) is 0 Å². The van der Waals surface area contributed by atoms with Gasteiger partial charge in [0.2, 0.25) is 10.0 Å². The summed E-state index contributed by atoms with van der Waals surface area (Å²) < 4.78 is 30.9. The fourth-order valence-electron chi connectivity index (χ4n) is 1.17. The Morgan fingerprint density at radius 1 is 1.24 bits per heavy atom. The van der Waals surface area contributed by atoms with Gasteiger partial charge in [-0.2, -0.15) is 0 Å². The van der Waals surface area contributed by atoms with Crippen molar-refractivity contribution in [2.45, 2.75) is 27.2 Å². The average Bonchev–Trinajstić information content (AvgIpc) is 2.22. The molecule has 1 unspecified atom stereocenters. The molecular weight excluding hydrogens is 262 g/mol. The Morgan fingerprint density at radius 3 is 2.41 bits per heavy atom. The van der Waals surface area contributed by atoms with Crippen molar-refractivity contribution in [1.29, 1.82) is 0 Å². The highest BCUT2D eigenvalue weighted by molar-refractivity contribution is 7.89. The highest BCUT2D eigenvalue weighted by atomic mass is 35.5. The van der Waals surface area contributed by atoms with Crippen LogP contribution < -0.4 is 4.72 Å². The highest BCUT2D eigenvalue weighted by Gasteiger charge is 2.14. The van der Waals surface area contributed by atoms with Crippen molar-refractivity contribution in [2.75, 3.05) is 31.4 Å². The van der Waals surface area contributed by atoms with Crippen molar-refractivity contribution in [3.05, 3.63) is 0 Å². The van der Waals surface area contributed by atoms with E-state index in [-0.39, 0.29) is 11.7 Å². The molecule has 0 aromatic carbocycles. The molecule has 17 heavy (non-hydrogen) atoms. The number of nitrogens with one attached hydrogen (secondary N) is 1. The number of halogens is 1. The van der Waals surface area contributed by atoms with Crippen LogP contribution in [0, 0.1) is 11.8 Å². The van der Waals surface area contributed by atoms with Crippen molar-refractivity contribution < 1.29 is 13.2 Å². The van der Waals surface area contributed by atoms with E-state index < -0.39 is 10.0 Å². The van der Waals surface area contributed by atoms with Crippen LogP contribution in [0.25, 0.3) is 0 Å². The monoisotopic (exact) mass is 285 g/mol. The van der Waals surface area contributed by atoms with E-state index in [1.807, 2.05) is 6.92 Å². The minimum atomic E-state index is -3.21. The second kappa shape index (κ2) is 9.14. The van der Waals surface area contributed by atoms with Crippen LogP contribution in [0.5, 0.6) is 0 Å². The summed E-state index contributed by atoms with van der Waals surface area (Å²) in [5, 5.41) is 0. The quantitative estimate of drug-likeness (QED) is 0.492. The molecule has 0 heterocycles. The molecule has 0 rings (SSSR count). The van der Waals surface area contributed by atoms with Crippen molar-refractivity contribution in [2.24, 2.45) is 11.8 Å². The predicted octanol–water partition coefficient (Wildman–Crippen LogP) is 1.84. The molecule has 0 aromatic heterocycles. The Balaban J connectivity index is 3.59. The van der Waals surface area contributed by atoms with Gasteiger partial charge in [-0.15, -0.1) is 11.6 Å². The fourth-order valence-corrected chi connectivity index (χ4v) is 2.79. The Kier molecular flexibility index (Phi) is 9.22. The van der Waals surface area contributed by atoms with Gasteiger partial charge in [-0.25, -0.2) is 13.1 Å². The number of rotatable bonds is 10. The van der Waals surface area contributed by atoms with Crippen molar-refractivity contribution >= 4 is 21.6 Å². The molecule has 0 radical (unpaired) electrons. The summed E-state index contributed by atoms with van der Waals surface area (Å²) >= 11 is 5.57. The lowest BCUT2D eigenvalue weighted by molar-refractivity contribution is 0.128. The molecule has 0 bridgehead atoms. The zero-order chi connectivity index (χ0) is 13.3. The molecule has 0 aliphatic rings. The van der Waals surface area contributed by atoms with Crippen LogP contribution in [0.4, 0.5) is 0 Å². The summed E-state index contributed by atoms with van der Waals surface area (Å²) in [4.78, 5) is 0. The minimum Gasteiger partial charge on any atom is -0.380 e. The van der Waals surface area contributed by atoms with Gasteiger partial charge < -0.3 is 4.74 Å². The Bertz CT molecular complexity index is 280. The molecule has 0 saturated heterocycles. The third-order valence-corrected chi connectivity index (χ3v) is 4.35. The van der Waals surface area contributed by atoms with Gasteiger partial charge in [-0.3, -0.25) is 0 Å². The standard InChI is InChI=1S/C11H24ClNO3S/c1-10(2)4-6-16-7-5-13-17(14,15)9-11(3)8-12/h10-11,13H,4-9H2,1-3H3. The van der Waals surface area contributed by atoms with Gasteiger partial charge in [-0.1, -0.05) is 20.8 Å². The number of hydrogen-bond donors (Lipinski definition) is 1. The maximum atomic E-state index is 11.5. The summed E-state index contributed by atoms with van der Waals surface area (Å²) in [7, 11) is -3.21. The summed E-state index contributed by atoms with van der Waals surface area (Å²) in [6, 6.07) is 0. The second-order valence-electron chi connectivity index (χ2n) is 4.73. The molecule has 0 spiro atoms. The van der Waals surface area contributed by atoms with Crippen LogP contribution >= 0.6 is 11.6 Å². The van der Waals surface area contributed by atoms with E-state index in [1.54, 1.807) is 0 Å². The van der Waals surface area contributed by atoms with Crippen LogP contribution in [0.3, 0.4) is 0 Å². The molecule has 0 aliphatic heterocycles. The molecule has 0 fully saturated rings. The number of hydrogen-bond acceptors (Lipinski definition) is 3. The van der Waals surface area contributed by atoms with Crippen molar-refractivity contribution in [1.82, 2.24) is 4.72 Å². The Hall–Kier alpha value is 0.160. The first-order valence-corrected chi connectivity index (χ1v) is 8.17. The first-order valence-electron chi connectivity index (χ1n) is 5.98. The van der Waals surface area contributed by atoms with E-state index >= 15 is 0 Å². The molecule has 4 nitrogen and oxygen atoms in total. The van der Waals surface area contributed by atoms with Crippen molar-refractivity contribution in [3.8, 4) is 0 Å². The molecule has 104 valence electrons. The number of ether oxygens (including phenoxy) is 1. The first-order chi connectivity index (χ1) is 7.87. The topological polar surface area (TPSA) is 55.4 Å². The number of sulfonamides is 1. The lowest BCUT2D eigenvalue weighted by Gasteiger charge is -2.10. The maximum Gasteiger partial charge on any atom is 0.211 e. The van der Waals surface area contributed by atoms with Gasteiger partial charge in [0.15, 0.2) is 0 Å². The Morgan fingerprint density at radius 2 is 1.88 bits per heavy atom. The average molecular weight is 286 g/mol. The van der Waals surface area contributed by atoms with Gasteiger partial charge in [-0.05, 0) is 18.3 Å². The highest BCUT2D eigenvalue weighted by Crippen LogP contribution is 2.02. The molecular formula is C11H24ClNO3S. The van der Waals surface area contributed by atoms with Crippen LogP contribution in [-0.2, 0) is 14.8 Å². The summed E-state index contributed by atoms with van der Waals surface area (Å²) in [5.74, 6) is 1.00.